The van der Waals surface area contributed by atoms with Gasteiger partial charge in [0.2, 0.25) is 17.8 Å². The first-order chi connectivity index (χ1) is 17.8. The minimum absolute atomic E-state index is 0.00858. The number of carbonyl (C=O) groups is 1. The molecule has 5 N–H and O–H groups in total. The van der Waals surface area contributed by atoms with Crippen LogP contribution < -0.4 is 16.4 Å². The molecule has 10 nitrogen and oxygen atoms in total. The summed E-state index contributed by atoms with van der Waals surface area (Å²) in [7, 11) is 0. The molecule has 1 aliphatic carbocycles. The van der Waals surface area contributed by atoms with Gasteiger partial charge in [-0.2, -0.15) is 4.98 Å². The highest BCUT2D eigenvalue weighted by Crippen LogP contribution is 2.37. The molecular formula is C24H28F3N7O3. The van der Waals surface area contributed by atoms with E-state index in [1.807, 2.05) is 0 Å². The number of fused-ring (bicyclic) bond motifs is 1. The number of halogens is 3. The van der Waals surface area contributed by atoms with Crippen LogP contribution in [0.4, 0.5) is 30.8 Å². The molecule has 1 aliphatic heterocycles. The number of hydrogen-bond acceptors (Lipinski definition) is 8. The molecular weight excluding hydrogens is 491 g/mol. The lowest BCUT2D eigenvalue weighted by atomic mass is 9.85. The van der Waals surface area contributed by atoms with Gasteiger partial charge in [0.1, 0.15) is 17.0 Å². The topological polar surface area (TPSA) is 140 Å². The Hall–Kier alpha value is -3.45. The molecule has 198 valence electrons. The fourth-order valence-electron chi connectivity index (χ4n) is 5.11. The summed E-state index contributed by atoms with van der Waals surface area (Å²) >= 11 is 0. The second kappa shape index (κ2) is 10.5. The molecule has 2 atom stereocenters. The molecule has 13 heteroatoms. The van der Waals surface area contributed by atoms with Gasteiger partial charge in [0.25, 0.3) is 0 Å². The monoisotopic (exact) mass is 519 g/mol. The number of rotatable bonds is 7. The van der Waals surface area contributed by atoms with Crippen molar-refractivity contribution in [2.24, 2.45) is 11.7 Å². The quantitative estimate of drug-likeness (QED) is 0.373. The number of nitrogens with two attached hydrogens (primary N) is 1. The zero-order valence-corrected chi connectivity index (χ0v) is 20.0. The number of aliphatic hydroxyl groups excluding tert-OH is 1. The molecule has 37 heavy (non-hydrogen) atoms. The van der Waals surface area contributed by atoms with Crippen molar-refractivity contribution in [1.82, 2.24) is 19.5 Å². The third kappa shape index (κ3) is 5.32. The summed E-state index contributed by atoms with van der Waals surface area (Å²) in [6.45, 7) is 0.416. The van der Waals surface area contributed by atoms with Crippen LogP contribution in [0.3, 0.4) is 0 Å². The molecule has 0 bridgehead atoms. The predicted octanol–water partition coefficient (Wildman–Crippen LogP) is 3.16. The van der Waals surface area contributed by atoms with Crippen molar-refractivity contribution in [3.05, 3.63) is 35.8 Å². The molecule has 2 aromatic heterocycles. The van der Waals surface area contributed by atoms with Crippen LogP contribution in [0.15, 0.2) is 18.3 Å². The number of nitrogens with one attached hydrogen (secondary N) is 2. The Bertz CT molecular complexity index is 1270. The Labute approximate surface area is 210 Å². The molecule has 1 saturated carbocycles. The summed E-state index contributed by atoms with van der Waals surface area (Å²) in [5.41, 5.74) is 5.79. The van der Waals surface area contributed by atoms with E-state index >= 15 is 0 Å². The molecule has 2 aliphatic rings. The van der Waals surface area contributed by atoms with Crippen molar-refractivity contribution < 1.29 is 27.8 Å². The van der Waals surface area contributed by atoms with E-state index in [1.54, 1.807) is 4.57 Å². The van der Waals surface area contributed by atoms with Crippen LogP contribution in [0.25, 0.3) is 11.2 Å². The minimum Gasteiger partial charge on any atom is -0.394 e. The predicted molar refractivity (Wildman–Crippen MR) is 129 cm³/mol. The highest BCUT2D eigenvalue weighted by molar-refractivity contribution is 5.78. The van der Waals surface area contributed by atoms with Crippen LogP contribution in [0, 0.1) is 23.4 Å². The molecule has 2 fully saturated rings. The first-order valence-corrected chi connectivity index (χ1v) is 12.3. The maximum atomic E-state index is 14.5. The van der Waals surface area contributed by atoms with Gasteiger partial charge in [-0.3, -0.25) is 9.36 Å². The Balaban J connectivity index is 1.50. The van der Waals surface area contributed by atoms with Gasteiger partial charge in [-0.1, -0.05) is 0 Å². The molecule has 5 rings (SSSR count). The molecule has 1 aromatic carbocycles. The fraction of sp³-hybridized carbons (Fsp3) is 0.500. The van der Waals surface area contributed by atoms with Crippen LogP contribution in [0.5, 0.6) is 0 Å². The number of nitrogens with zero attached hydrogens (tertiary/aromatic N) is 4. The van der Waals surface area contributed by atoms with Gasteiger partial charge in [-0.05, 0) is 38.5 Å². The van der Waals surface area contributed by atoms with Crippen molar-refractivity contribution in [1.29, 1.82) is 0 Å². The van der Waals surface area contributed by atoms with Crippen LogP contribution in [0.2, 0.25) is 0 Å². The number of carbonyl (C=O) groups excluding carboxylic acids is 1. The maximum absolute atomic E-state index is 14.5. The largest absolute Gasteiger partial charge is 0.394 e. The summed E-state index contributed by atoms with van der Waals surface area (Å²) < 4.78 is 49.6. The van der Waals surface area contributed by atoms with Gasteiger partial charge in [0.15, 0.2) is 17.3 Å². The second-order valence-corrected chi connectivity index (χ2v) is 9.53. The van der Waals surface area contributed by atoms with Gasteiger partial charge in [0, 0.05) is 36.7 Å². The van der Waals surface area contributed by atoms with Crippen molar-refractivity contribution in [3.8, 4) is 0 Å². The van der Waals surface area contributed by atoms with Gasteiger partial charge >= 0.3 is 0 Å². The molecule has 0 spiro atoms. The second-order valence-electron chi connectivity index (χ2n) is 9.53. The number of ether oxygens (including phenoxy) is 1. The molecule has 1 amide bonds. The van der Waals surface area contributed by atoms with Crippen LogP contribution in [0.1, 0.15) is 44.6 Å². The number of anilines is 3. The van der Waals surface area contributed by atoms with Crippen LogP contribution >= 0.6 is 0 Å². The average molecular weight is 520 g/mol. The van der Waals surface area contributed by atoms with Gasteiger partial charge in [0.05, 0.1) is 18.9 Å². The van der Waals surface area contributed by atoms with E-state index in [9.17, 15) is 23.1 Å². The SMILES string of the molecule is NC(=O)C1CCC(n2c(Nc3c(F)cc(F)cc3F)nc3cnc(N[C@@H]4CCO[C@H](CO)C4)nc32)CC1. The van der Waals surface area contributed by atoms with E-state index in [0.29, 0.717) is 74.4 Å². The van der Waals surface area contributed by atoms with E-state index in [1.165, 1.54) is 6.20 Å². The van der Waals surface area contributed by atoms with E-state index in [4.69, 9.17) is 10.5 Å². The summed E-state index contributed by atoms with van der Waals surface area (Å²) in [6, 6.07) is 0.988. The lowest BCUT2D eigenvalue weighted by Crippen LogP contribution is -2.36. The number of primary amides is 1. The number of aromatic nitrogens is 4. The normalized spacial score (nSPS) is 24.2. The molecule has 0 unspecified atom stereocenters. The highest BCUT2D eigenvalue weighted by atomic mass is 19.1. The van der Waals surface area contributed by atoms with Crippen molar-refractivity contribution in [2.75, 3.05) is 23.8 Å². The Morgan fingerprint density at radius 1 is 1.14 bits per heavy atom. The summed E-state index contributed by atoms with van der Waals surface area (Å²) in [4.78, 5) is 25.2. The Kier molecular flexibility index (Phi) is 7.15. The molecule has 3 heterocycles. The Morgan fingerprint density at radius 2 is 1.86 bits per heavy atom. The first kappa shape index (κ1) is 25.2. The summed E-state index contributed by atoms with van der Waals surface area (Å²) in [5, 5.41) is 15.4. The molecule has 1 saturated heterocycles. The van der Waals surface area contributed by atoms with Gasteiger partial charge < -0.3 is 26.2 Å². The van der Waals surface area contributed by atoms with E-state index in [2.05, 4.69) is 25.6 Å². The van der Waals surface area contributed by atoms with Crippen molar-refractivity contribution >= 4 is 34.7 Å². The Morgan fingerprint density at radius 3 is 2.54 bits per heavy atom. The van der Waals surface area contributed by atoms with E-state index < -0.39 is 23.1 Å². The van der Waals surface area contributed by atoms with Crippen LogP contribution in [-0.4, -0.2) is 55.9 Å². The zero-order valence-electron chi connectivity index (χ0n) is 20.0. The number of benzene rings is 1. The first-order valence-electron chi connectivity index (χ1n) is 12.3. The van der Waals surface area contributed by atoms with Gasteiger partial charge in [-0.15, -0.1) is 0 Å². The lowest BCUT2D eigenvalue weighted by molar-refractivity contribution is -0.122. The van der Waals surface area contributed by atoms with Crippen LogP contribution in [-0.2, 0) is 9.53 Å². The summed E-state index contributed by atoms with van der Waals surface area (Å²) in [5.74, 6) is -3.35. The maximum Gasteiger partial charge on any atom is 0.224 e. The minimum atomic E-state index is -1.10. The smallest absolute Gasteiger partial charge is 0.224 e. The number of amides is 1. The highest BCUT2D eigenvalue weighted by Gasteiger charge is 2.30. The summed E-state index contributed by atoms with van der Waals surface area (Å²) in [6.07, 6.45) is 4.81. The van der Waals surface area contributed by atoms with Crippen molar-refractivity contribution in [3.63, 3.8) is 0 Å². The number of hydrogen-bond donors (Lipinski definition) is 4. The molecule has 3 aromatic rings. The number of aliphatic hydroxyl groups is 1. The standard InChI is InChI=1S/C24H28F3N7O3/c25-13-7-17(26)20(18(27)8-13)32-24-31-19-10-29-23(30-14-5-6-37-16(9-14)11-35)33-22(19)34(24)15-3-1-12(2-4-15)21(28)36/h7-8,10,12,14-16,35H,1-6,9,11H2,(H2,28,36)(H,31,32)(H,29,30,33)/t12?,14-,15?,16+/m1/s1. The third-order valence-electron chi connectivity index (χ3n) is 7.04. The average Bonchev–Trinajstić information content (AvgIpc) is 3.23. The zero-order chi connectivity index (χ0) is 26.1. The van der Waals surface area contributed by atoms with Gasteiger partial charge in [-0.25, -0.2) is 23.1 Å². The third-order valence-corrected chi connectivity index (χ3v) is 7.04. The lowest BCUT2D eigenvalue weighted by Gasteiger charge is -2.29. The van der Waals surface area contributed by atoms with E-state index in [0.717, 1.165) is 0 Å². The molecule has 0 radical (unpaired) electrons. The van der Waals surface area contributed by atoms with Crippen molar-refractivity contribution in [2.45, 2.75) is 56.7 Å². The van der Waals surface area contributed by atoms with E-state index in [-0.39, 0.29) is 42.6 Å². The fourth-order valence-corrected chi connectivity index (χ4v) is 5.11. The number of imidazole rings is 1.